The summed E-state index contributed by atoms with van der Waals surface area (Å²) in [5.74, 6) is -1.54. The van der Waals surface area contributed by atoms with Gasteiger partial charge in [0, 0.05) is 23.7 Å². The lowest BCUT2D eigenvalue weighted by Crippen LogP contribution is -2.53. The van der Waals surface area contributed by atoms with Crippen LogP contribution in [0, 0.1) is 34.0 Å². The van der Waals surface area contributed by atoms with Crippen molar-refractivity contribution in [1.29, 1.82) is 0 Å². The van der Waals surface area contributed by atoms with Crippen LogP contribution in [-0.2, 0) is 23.9 Å². The molecular weight excluding hydrogens is 336 g/mol. The fourth-order valence-electron chi connectivity index (χ4n) is 7.90. The van der Waals surface area contributed by atoms with E-state index in [0.29, 0.717) is 25.7 Å². The lowest BCUT2D eigenvalue weighted by molar-refractivity contribution is -0.164. The Bertz CT molecular complexity index is 747. The highest BCUT2D eigenvalue weighted by atomic mass is 16.6. The molecule has 0 aromatic heterocycles. The summed E-state index contributed by atoms with van der Waals surface area (Å²) < 4.78 is 11.2. The van der Waals surface area contributed by atoms with Gasteiger partial charge >= 0.3 is 11.9 Å². The second kappa shape index (κ2) is 4.51. The minimum Gasteiger partial charge on any atom is -0.469 e. The lowest BCUT2D eigenvalue weighted by Gasteiger charge is -2.45. The number of aliphatic hydroxyl groups is 1. The SMILES string of the molecule is COC(=O)[C@H]1[C@H]2[C@@]3(CC[C@H](O)[C@@]2(C)C(=O)O3)[C@@H]2CC[C@@]3(C)C[C@]21CC3=O. The van der Waals surface area contributed by atoms with Crippen LogP contribution in [0.15, 0.2) is 0 Å². The van der Waals surface area contributed by atoms with E-state index in [1.807, 2.05) is 6.92 Å². The van der Waals surface area contributed by atoms with Gasteiger partial charge in [0.25, 0.3) is 0 Å². The summed E-state index contributed by atoms with van der Waals surface area (Å²) >= 11 is 0. The van der Waals surface area contributed by atoms with Gasteiger partial charge < -0.3 is 14.6 Å². The predicted octanol–water partition coefficient (Wildman–Crippen LogP) is 1.63. The zero-order chi connectivity index (χ0) is 18.7. The average Bonchev–Trinajstić information content (AvgIpc) is 3.02. The number of carbonyl (C=O) groups excluding carboxylic acids is 3. The number of fused-ring (bicyclic) bond motifs is 1. The molecule has 4 saturated carbocycles. The largest absolute Gasteiger partial charge is 0.469 e. The van der Waals surface area contributed by atoms with E-state index in [0.717, 1.165) is 12.8 Å². The highest BCUT2D eigenvalue weighted by Crippen LogP contribution is 2.78. The third-order valence-electron chi connectivity index (χ3n) is 8.95. The number of Topliss-reactive ketones (excluding diaryl/α,β-unsaturated/α-hetero) is 1. The van der Waals surface area contributed by atoms with E-state index in [1.54, 1.807) is 6.92 Å². The maximum absolute atomic E-state index is 13.0. The Morgan fingerprint density at radius 1 is 1.23 bits per heavy atom. The molecule has 0 unspecified atom stereocenters. The number of methoxy groups -OCH3 is 1. The van der Waals surface area contributed by atoms with Crippen LogP contribution in [0.25, 0.3) is 0 Å². The molecule has 0 aromatic rings. The van der Waals surface area contributed by atoms with Crippen molar-refractivity contribution < 1.29 is 29.0 Å². The Morgan fingerprint density at radius 3 is 2.65 bits per heavy atom. The lowest BCUT2D eigenvalue weighted by atomic mass is 9.59. The Kier molecular flexibility index (Phi) is 2.90. The summed E-state index contributed by atoms with van der Waals surface area (Å²) in [6.45, 7) is 3.75. The van der Waals surface area contributed by atoms with Crippen LogP contribution in [0.4, 0.5) is 0 Å². The highest BCUT2D eigenvalue weighted by molar-refractivity contribution is 5.91. The minimum absolute atomic E-state index is 0.0121. The molecule has 5 aliphatic rings. The number of ketones is 1. The van der Waals surface area contributed by atoms with Gasteiger partial charge in [0.1, 0.15) is 11.4 Å². The van der Waals surface area contributed by atoms with Crippen molar-refractivity contribution in [2.45, 2.75) is 64.1 Å². The second-order valence-electron chi connectivity index (χ2n) is 9.82. The molecule has 26 heavy (non-hydrogen) atoms. The van der Waals surface area contributed by atoms with Crippen molar-refractivity contribution in [3.8, 4) is 0 Å². The van der Waals surface area contributed by atoms with E-state index in [4.69, 9.17) is 9.47 Å². The van der Waals surface area contributed by atoms with Crippen LogP contribution < -0.4 is 0 Å². The first-order chi connectivity index (χ1) is 12.2. The molecule has 1 saturated heterocycles. The first kappa shape index (κ1) is 16.7. The number of carbonyl (C=O) groups is 3. The van der Waals surface area contributed by atoms with Gasteiger partial charge in [-0.1, -0.05) is 6.92 Å². The molecule has 0 aromatic carbocycles. The van der Waals surface area contributed by atoms with E-state index in [2.05, 4.69) is 0 Å². The third kappa shape index (κ3) is 1.47. The zero-order valence-corrected chi connectivity index (χ0v) is 15.5. The minimum atomic E-state index is -1.11. The molecule has 1 aliphatic heterocycles. The van der Waals surface area contributed by atoms with Crippen LogP contribution in [-0.4, -0.2) is 41.6 Å². The number of esters is 2. The van der Waals surface area contributed by atoms with Crippen molar-refractivity contribution in [3.05, 3.63) is 0 Å². The molecule has 4 bridgehead atoms. The van der Waals surface area contributed by atoms with Gasteiger partial charge in [-0.15, -0.1) is 0 Å². The van der Waals surface area contributed by atoms with Crippen LogP contribution in [0.1, 0.15) is 52.4 Å². The molecule has 5 fully saturated rings. The summed E-state index contributed by atoms with van der Waals surface area (Å²) in [4.78, 5) is 38.7. The number of hydrogen-bond donors (Lipinski definition) is 1. The van der Waals surface area contributed by atoms with Crippen molar-refractivity contribution >= 4 is 17.7 Å². The van der Waals surface area contributed by atoms with E-state index >= 15 is 0 Å². The van der Waals surface area contributed by atoms with Gasteiger partial charge in [-0.2, -0.15) is 0 Å². The van der Waals surface area contributed by atoms with E-state index in [1.165, 1.54) is 7.11 Å². The van der Waals surface area contributed by atoms with Gasteiger partial charge in [-0.25, -0.2) is 0 Å². The second-order valence-corrected chi connectivity index (χ2v) is 9.82. The molecule has 4 aliphatic carbocycles. The molecule has 142 valence electrons. The Balaban J connectivity index is 1.75. The van der Waals surface area contributed by atoms with Crippen LogP contribution in [0.5, 0.6) is 0 Å². The van der Waals surface area contributed by atoms with E-state index in [-0.39, 0.29) is 17.7 Å². The average molecular weight is 362 g/mol. The van der Waals surface area contributed by atoms with Crippen LogP contribution in [0.2, 0.25) is 0 Å². The first-order valence-corrected chi connectivity index (χ1v) is 9.68. The van der Waals surface area contributed by atoms with Crippen molar-refractivity contribution in [2.75, 3.05) is 7.11 Å². The maximum Gasteiger partial charge on any atom is 0.315 e. The monoisotopic (exact) mass is 362 g/mol. The molecule has 1 N–H and O–H groups in total. The molecule has 8 atom stereocenters. The number of ether oxygens (including phenoxy) is 2. The van der Waals surface area contributed by atoms with Crippen molar-refractivity contribution in [3.63, 3.8) is 0 Å². The summed E-state index contributed by atoms with van der Waals surface area (Å²) in [5.41, 5.74) is -2.75. The molecule has 0 amide bonds. The molecule has 1 heterocycles. The van der Waals surface area contributed by atoms with Crippen LogP contribution in [0.3, 0.4) is 0 Å². The molecular formula is C20H26O6. The number of aliphatic hydroxyl groups excluding tert-OH is 1. The molecule has 1 spiro atoms. The Hall–Kier alpha value is -1.43. The van der Waals surface area contributed by atoms with Gasteiger partial charge in [0.05, 0.1) is 24.5 Å². The maximum atomic E-state index is 13.0. The third-order valence-corrected chi connectivity index (χ3v) is 8.95. The molecule has 6 heteroatoms. The Morgan fingerprint density at radius 2 is 1.96 bits per heavy atom. The highest BCUT2D eigenvalue weighted by Gasteiger charge is 2.84. The van der Waals surface area contributed by atoms with Gasteiger partial charge in [0.15, 0.2) is 0 Å². The number of rotatable bonds is 1. The van der Waals surface area contributed by atoms with Crippen molar-refractivity contribution in [2.24, 2.45) is 34.0 Å². The zero-order valence-electron chi connectivity index (χ0n) is 15.5. The van der Waals surface area contributed by atoms with Crippen molar-refractivity contribution in [1.82, 2.24) is 0 Å². The van der Waals surface area contributed by atoms with Gasteiger partial charge in [0.2, 0.25) is 0 Å². The fraction of sp³-hybridized carbons (Fsp3) is 0.850. The molecule has 5 rings (SSSR count). The van der Waals surface area contributed by atoms with Crippen LogP contribution >= 0.6 is 0 Å². The standard InChI is InChI=1S/C20H26O6/c1-17-6-4-10-19(9-17,8-12(17)22)13(15(23)25-3)14-18(2)11(21)5-7-20(10,14)26-16(18)24/h10-11,13-14,21H,4-9H2,1-3H3/t10-,11+,13-,14-,17+,18-,19-,20-/m1/s1. The predicted molar refractivity (Wildman–Crippen MR) is 88.7 cm³/mol. The topological polar surface area (TPSA) is 89.9 Å². The summed E-state index contributed by atoms with van der Waals surface area (Å²) in [6.07, 6.45) is 2.79. The summed E-state index contributed by atoms with van der Waals surface area (Å²) in [7, 11) is 1.37. The van der Waals surface area contributed by atoms with E-state index in [9.17, 15) is 19.5 Å². The number of hydrogen-bond acceptors (Lipinski definition) is 6. The van der Waals surface area contributed by atoms with Gasteiger partial charge in [-0.05, 0) is 44.4 Å². The normalized spacial score (nSPS) is 56.8. The quantitative estimate of drug-likeness (QED) is 0.713. The van der Waals surface area contributed by atoms with E-state index < -0.39 is 45.8 Å². The molecule has 0 radical (unpaired) electrons. The summed E-state index contributed by atoms with van der Waals surface area (Å²) in [5, 5.41) is 10.7. The molecule has 6 nitrogen and oxygen atoms in total. The smallest absolute Gasteiger partial charge is 0.315 e. The van der Waals surface area contributed by atoms with Gasteiger partial charge in [-0.3, -0.25) is 14.4 Å². The Labute approximate surface area is 152 Å². The summed E-state index contributed by atoms with van der Waals surface area (Å²) in [6, 6.07) is 0. The first-order valence-electron chi connectivity index (χ1n) is 9.68. The fourth-order valence-corrected chi connectivity index (χ4v) is 7.90.